The number of rotatable bonds is 2. The van der Waals surface area contributed by atoms with Gasteiger partial charge in [-0.15, -0.1) is 0 Å². The maximum absolute atomic E-state index is 13.2. The van der Waals surface area contributed by atoms with Crippen LogP contribution in [-0.4, -0.2) is 22.5 Å². The third-order valence-electron chi connectivity index (χ3n) is 3.56. The van der Waals surface area contributed by atoms with E-state index in [1.807, 2.05) is 13.0 Å². The molecule has 1 atom stereocenters. The first-order valence-corrected chi connectivity index (χ1v) is 6.65. The third kappa shape index (κ3) is 2.31. The van der Waals surface area contributed by atoms with Gasteiger partial charge < -0.3 is 9.42 Å². The summed E-state index contributed by atoms with van der Waals surface area (Å²) in [7, 11) is 0. The van der Waals surface area contributed by atoms with Crippen molar-refractivity contribution in [3.8, 4) is 0 Å². The summed E-state index contributed by atoms with van der Waals surface area (Å²) >= 11 is 0. The first-order chi connectivity index (χ1) is 9.65. The van der Waals surface area contributed by atoms with Gasteiger partial charge in [0.05, 0.1) is 11.7 Å². The summed E-state index contributed by atoms with van der Waals surface area (Å²) in [6.07, 6.45) is 1.75. The van der Waals surface area contributed by atoms with Crippen molar-refractivity contribution in [1.29, 1.82) is 0 Å². The van der Waals surface area contributed by atoms with E-state index >= 15 is 0 Å². The van der Waals surface area contributed by atoms with E-state index in [0.717, 1.165) is 18.5 Å². The van der Waals surface area contributed by atoms with Crippen LogP contribution in [0.2, 0.25) is 0 Å². The van der Waals surface area contributed by atoms with Crippen molar-refractivity contribution in [2.75, 3.05) is 6.54 Å². The summed E-state index contributed by atoms with van der Waals surface area (Å²) in [5.41, 5.74) is 1.16. The zero-order valence-electron chi connectivity index (χ0n) is 11.2. The van der Waals surface area contributed by atoms with Gasteiger partial charge in [-0.3, -0.25) is 4.79 Å². The molecule has 1 saturated heterocycles. The zero-order valence-corrected chi connectivity index (χ0v) is 11.2. The van der Waals surface area contributed by atoms with Crippen molar-refractivity contribution in [3.63, 3.8) is 0 Å². The van der Waals surface area contributed by atoms with Crippen LogP contribution in [-0.2, 0) is 0 Å². The number of hydrogen-bond acceptors (Lipinski definition) is 3. The number of halogens is 1. The minimum Gasteiger partial charge on any atom is -0.359 e. The molecule has 0 spiro atoms. The molecule has 1 aromatic carbocycles. The predicted octanol–water partition coefficient (Wildman–Crippen LogP) is 3.10. The van der Waals surface area contributed by atoms with Gasteiger partial charge in [0.15, 0.2) is 5.76 Å². The lowest BCUT2D eigenvalue weighted by Gasteiger charge is -2.22. The van der Waals surface area contributed by atoms with E-state index in [9.17, 15) is 9.18 Å². The molecule has 0 N–H and O–H groups in total. The molecule has 0 saturated carbocycles. The Labute approximate surface area is 116 Å². The van der Waals surface area contributed by atoms with Gasteiger partial charge in [-0.2, -0.15) is 0 Å². The topological polar surface area (TPSA) is 46.3 Å². The molecule has 2 aromatic rings. The van der Waals surface area contributed by atoms with Crippen LogP contribution < -0.4 is 0 Å². The van der Waals surface area contributed by atoms with Crippen LogP contribution in [0.5, 0.6) is 0 Å². The second-order valence-corrected chi connectivity index (χ2v) is 5.04. The molecular formula is C15H15FN2O2. The molecule has 104 valence electrons. The second kappa shape index (κ2) is 5.07. The molecule has 1 aliphatic rings. The minimum atomic E-state index is -0.401. The van der Waals surface area contributed by atoms with Crippen LogP contribution in [0.1, 0.15) is 40.7 Å². The van der Waals surface area contributed by atoms with Gasteiger partial charge in [-0.05, 0) is 38.0 Å². The zero-order chi connectivity index (χ0) is 14.1. The number of benzene rings is 1. The maximum atomic E-state index is 13.2. The van der Waals surface area contributed by atoms with Crippen molar-refractivity contribution in [3.05, 3.63) is 53.2 Å². The summed E-state index contributed by atoms with van der Waals surface area (Å²) in [5.74, 6) is 0.132. The van der Waals surface area contributed by atoms with E-state index in [1.54, 1.807) is 17.0 Å². The number of carbonyl (C=O) groups excluding carboxylic acids is 1. The Morgan fingerprint density at radius 3 is 3.00 bits per heavy atom. The highest BCUT2D eigenvalue weighted by molar-refractivity contribution is 5.94. The molecule has 0 aliphatic carbocycles. The molecule has 1 aromatic heterocycles. The molecule has 5 heteroatoms. The number of likely N-dealkylation sites (tertiary alicyclic amines) is 1. The van der Waals surface area contributed by atoms with E-state index in [-0.39, 0.29) is 11.9 Å². The third-order valence-corrected chi connectivity index (χ3v) is 3.56. The Bertz CT molecular complexity index is 638. The Morgan fingerprint density at radius 1 is 1.45 bits per heavy atom. The lowest BCUT2D eigenvalue weighted by Crippen LogP contribution is -2.30. The van der Waals surface area contributed by atoms with E-state index in [2.05, 4.69) is 5.16 Å². The molecule has 3 rings (SSSR count). The molecule has 4 nitrogen and oxygen atoms in total. The summed E-state index contributed by atoms with van der Waals surface area (Å²) < 4.78 is 18.5. The average molecular weight is 274 g/mol. The van der Waals surface area contributed by atoms with Crippen LogP contribution in [0.15, 0.2) is 34.9 Å². The van der Waals surface area contributed by atoms with E-state index < -0.39 is 5.82 Å². The van der Waals surface area contributed by atoms with Crippen LogP contribution in [0, 0.1) is 12.7 Å². The standard InChI is InChI=1S/C15H15FN2O2/c1-10-8-14(20-17-10)13-6-3-7-18(13)15(19)11-4-2-5-12(16)9-11/h2,4-5,8-9,13H,3,6-7H2,1H3. The smallest absolute Gasteiger partial charge is 0.254 e. The van der Waals surface area contributed by atoms with Crippen molar-refractivity contribution >= 4 is 5.91 Å². The first kappa shape index (κ1) is 12.8. The van der Waals surface area contributed by atoms with Gasteiger partial charge in [-0.25, -0.2) is 4.39 Å². The van der Waals surface area contributed by atoms with Crippen LogP contribution in [0.25, 0.3) is 0 Å². The second-order valence-electron chi connectivity index (χ2n) is 5.04. The number of aryl methyl sites for hydroxylation is 1. The van der Waals surface area contributed by atoms with Crippen LogP contribution in [0.3, 0.4) is 0 Å². The highest BCUT2D eigenvalue weighted by Gasteiger charge is 2.33. The molecule has 1 unspecified atom stereocenters. The van der Waals surface area contributed by atoms with Gasteiger partial charge in [-0.1, -0.05) is 11.2 Å². The van der Waals surface area contributed by atoms with Crippen molar-refractivity contribution < 1.29 is 13.7 Å². The number of nitrogens with zero attached hydrogens (tertiary/aromatic N) is 2. The van der Waals surface area contributed by atoms with Gasteiger partial charge in [0, 0.05) is 18.2 Å². The monoisotopic (exact) mass is 274 g/mol. The highest BCUT2D eigenvalue weighted by atomic mass is 19.1. The van der Waals surface area contributed by atoms with Crippen molar-refractivity contribution in [2.45, 2.75) is 25.8 Å². The SMILES string of the molecule is Cc1cc(C2CCCN2C(=O)c2cccc(F)c2)on1. The van der Waals surface area contributed by atoms with E-state index in [1.165, 1.54) is 12.1 Å². The largest absolute Gasteiger partial charge is 0.359 e. The molecule has 1 fully saturated rings. The molecule has 2 heterocycles. The minimum absolute atomic E-state index is 0.105. The van der Waals surface area contributed by atoms with E-state index in [0.29, 0.717) is 17.9 Å². The number of hydrogen-bond donors (Lipinski definition) is 0. The predicted molar refractivity (Wildman–Crippen MR) is 70.7 cm³/mol. The number of amides is 1. The van der Waals surface area contributed by atoms with Crippen molar-refractivity contribution in [1.82, 2.24) is 10.1 Å². The van der Waals surface area contributed by atoms with Crippen molar-refractivity contribution in [2.24, 2.45) is 0 Å². The molecule has 0 radical (unpaired) electrons. The van der Waals surface area contributed by atoms with Crippen LogP contribution >= 0.6 is 0 Å². The molecule has 1 amide bonds. The number of aromatic nitrogens is 1. The van der Waals surface area contributed by atoms with Gasteiger partial charge in [0.1, 0.15) is 5.82 Å². The quantitative estimate of drug-likeness (QED) is 0.845. The van der Waals surface area contributed by atoms with E-state index in [4.69, 9.17) is 4.52 Å². The summed E-state index contributed by atoms with van der Waals surface area (Å²) in [6, 6.07) is 7.52. The maximum Gasteiger partial charge on any atom is 0.254 e. The van der Waals surface area contributed by atoms with Gasteiger partial charge in [0.2, 0.25) is 0 Å². The fraction of sp³-hybridized carbons (Fsp3) is 0.333. The highest BCUT2D eigenvalue weighted by Crippen LogP contribution is 2.33. The Kier molecular flexibility index (Phi) is 3.26. The molecule has 20 heavy (non-hydrogen) atoms. The Hall–Kier alpha value is -2.17. The number of carbonyl (C=O) groups is 1. The summed E-state index contributed by atoms with van der Waals surface area (Å²) in [4.78, 5) is 14.2. The average Bonchev–Trinajstić information content (AvgIpc) is 3.06. The lowest BCUT2D eigenvalue weighted by atomic mass is 10.1. The van der Waals surface area contributed by atoms with Gasteiger partial charge >= 0.3 is 0 Å². The fourth-order valence-electron chi connectivity index (χ4n) is 2.63. The lowest BCUT2D eigenvalue weighted by molar-refractivity contribution is 0.0714. The Morgan fingerprint density at radius 2 is 2.30 bits per heavy atom. The summed E-state index contributed by atoms with van der Waals surface area (Å²) in [6.45, 7) is 2.50. The molecular weight excluding hydrogens is 259 g/mol. The summed E-state index contributed by atoms with van der Waals surface area (Å²) in [5, 5.41) is 3.87. The first-order valence-electron chi connectivity index (χ1n) is 6.65. The Balaban J connectivity index is 1.87. The fourth-order valence-corrected chi connectivity index (χ4v) is 2.63. The van der Waals surface area contributed by atoms with Gasteiger partial charge in [0.25, 0.3) is 5.91 Å². The normalized spacial score (nSPS) is 18.5. The molecule has 1 aliphatic heterocycles. The molecule has 0 bridgehead atoms. The van der Waals surface area contributed by atoms with Crippen LogP contribution in [0.4, 0.5) is 4.39 Å².